The molecule has 1 unspecified atom stereocenters. The summed E-state index contributed by atoms with van der Waals surface area (Å²) in [4.78, 5) is 5.72. The van der Waals surface area contributed by atoms with E-state index < -0.39 is 0 Å². The summed E-state index contributed by atoms with van der Waals surface area (Å²) in [6.45, 7) is 2.13. The lowest BCUT2D eigenvalue weighted by atomic mass is 10.2. The second-order valence-electron chi connectivity index (χ2n) is 3.71. The predicted molar refractivity (Wildman–Crippen MR) is 80.4 cm³/mol. The first-order chi connectivity index (χ1) is 8.11. The zero-order chi connectivity index (χ0) is 12.4. The Balaban J connectivity index is 2.33. The molecule has 2 aromatic rings. The summed E-state index contributed by atoms with van der Waals surface area (Å²) in [5.41, 5.74) is 1.14. The molecule has 0 saturated heterocycles. The van der Waals surface area contributed by atoms with Crippen molar-refractivity contribution in [2.24, 2.45) is 0 Å². The number of hydrogen-bond donors (Lipinski definition) is 1. The SMILES string of the molecule is CNC(C)c1cnc(-c2ccc(Br)c(Br)c2)s1. The molecule has 0 spiro atoms. The molecule has 0 fully saturated rings. The molecule has 1 aromatic carbocycles. The number of nitrogens with zero attached hydrogens (tertiary/aromatic N) is 1. The van der Waals surface area contributed by atoms with Crippen molar-refractivity contribution in [2.45, 2.75) is 13.0 Å². The fourth-order valence-corrected chi connectivity index (χ4v) is 2.99. The Hall–Kier alpha value is -0.230. The first-order valence-electron chi connectivity index (χ1n) is 5.20. The van der Waals surface area contributed by atoms with Crippen molar-refractivity contribution in [3.8, 4) is 10.6 Å². The van der Waals surface area contributed by atoms with Crippen molar-refractivity contribution < 1.29 is 0 Å². The van der Waals surface area contributed by atoms with Crippen LogP contribution >= 0.6 is 43.2 Å². The molecule has 5 heteroatoms. The van der Waals surface area contributed by atoms with Gasteiger partial charge in [-0.05, 0) is 58.0 Å². The normalized spacial score (nSPS) is 12.7. The number of nitrogens with one attached hydrogen (secondary N) is 1. The number of benzene rings is 1. The minimum Gasteiger partial charge on any atom is -0.312 e. The Bertz CT molecular complexity index is 525. The van der Waals surface area contributed by atoms with E-state index in [4.69, 9.17) is 0 Å². The van der Waals surface area contributed by atoms with Crippen molar-refractivity contribution in [1.82, 2.24) is 10.3 Å². The Morgan fingerprint density at radius 1 is 1.29 bits per heavy atom. The van der Waals surface area contributed by atoms with Crippen molar-refractivity contribution >= 4 is 43.2 Å². The Kier molecular flexibility index (Phi) is 4.36. The molecule has 1 N–H and O–H groups in total. The van der Waals surface area contributed by atoms with Crippen LogP contribution in [0.4, 0.5) is 0 Å². The summed E-state index contributed by atoms with van der Waals surface area (Å²) in [7, 11) is 1.96. The molecule has 0 saturated carbocycles. The highest BCUT2D eigenvalue weighted by Gasteiger charge is 2.10. The maximum Gasteiger partial charge on any atom is 0.123 e. The van der Waals surface area contributed by atoms with Crippen LogP contribution in [0.25, 0.3) is 10.6 Å². The molecule has 2 nitrogen and oxygen atoms in total. The van der Waals surface area contributed by atoms with Gasteiger partial charge in [0.15, 0.2) is 0 Å². The number of aromatic nitrogens is 1. The molecule has 0 radical (unpaired) electrons. The standard InChI is InChI=1S/C12H12Br2N2S/c1-7(15-2)11-6-16-12(17-11)8-3-4-9(13)10(14)5-8/h3-7,15H,1-2H3. The van der Waals surface area contributed by atoms with E-state index >= 15 is 0 Å². The summed E-state index contributed by atoms with van der Waals surface area (Å²) in [6.07, 6.45) is 1.94. The predicted octanol–water partition coefficient (Wildman–Crippen LogP) is 4.62. The Morgan fingerprint density at radius 3 is 2.71 bits per heavy atom. The zero-order valence-electron chi connectivity index (χ0n) is 9.50. The molecule has 0 aliphatic rings. The van der Waals surface area contributed by atoms with Crippen LogP contribution in [-0.4, -0.2) is 12.0 Å². The maximum atomic E-state index is 4.47. The van der Waals surface area contributed by atoms with Gasteiger partial charge in [0.25, 0.3) is 0 Å². The minimum atomic E-state index is 0.347. The second-order valence-corrected chi connectivity index (χ2v) is 6.48. The molecule has 90 valence electrons. The Labute approximate surface area is 122 Å². The van der Waals surface area contributed by atoms with Gasteiger partial charge in [0.05, 0.1) is 0 Å². The third kappa shape index (κ3) is 2.96. The van der Waals surface area contributed by atoms with E-state index in [0.717, 1.165) is 19.5 Å². The topological polar surface area (TPSA) is 24.9 Å². The van der Waals surface area contributed by atoms with E-state index in [-0.39, 0.29) is 0 Å². The Morgan fingerprint density at radius 2 is 2.06 bits per heavy atom. The third-order valence-corrected chi connectivity index (χ3v) is 5.66. The van der Waals surface area contributed by atoms with Crippen LogP contribution in [0.3, 0.4) is 0 Å². The molecule has 0 bridgehead atoms. The monoisotopic (exact) mass is 374 g/mol. The van der Waals surface area contributed by atoms with Gasteiger partial charge in [-0.1, -0.05) is 6.07 Å². The number of rotatable bonds is 3. The van der Waals surface area contributed by atoms with Crippen molar-refractivity contribution in [1.29, 1.82) is 0 Å². The molecular formula is C12H12Br2N2S. The van der Waals surface area contributed by atoms with E-state index in [9.17, 15) is 0 Å². The van der Waals surface area contributed by atoms with Crippen LogP contribution in [0.2, 0.25) is 0 Å². The summed E-state index contributed by atoms with van der Waals surface area (Å²) >= 11 is 8.70. The summed E-state index contributed by atoms with van der Waals surface area (Å²) < 4.78 is 2.11. The van der Waals surface area contributed by atoms with E-state index in [1.807, 2.05) is 19.3 Å². The zero-order valence-corrected chi connectivity index (χ0v) is 13.5. The van der Waals surface area contributed by atoms with E-state index in [1.165, 1.54) is 4.88 Å². The number of hydrogen-bond acceptors (Lipinski definition) is 3. The fourth-order valence-electron chi connectivity index (χ4n) is 1.39. The molecule has 1 aromatic heterocycles. The highest BCUT2D eigenvalue weighted by Crippen LogP contribution is 2.32. The molecular weight excluding hydrogens is 364 g/mol. The second kappa shape index (κ2) is 5.61. The van der Waals surface area contributed by atoms with Crippen LogP contribution in [0.15, 0.2) is 33.3 Å². The molecule has 1 heterocycles. The average Bonchev–Trinajstić information content (AvgIpc) is 2.81. The van der Waals surface area contributed by atoms with Crippen LogP contribution in [0.5, 0.6) is 0 Å². The van der Waals surface area contributed by atoms with Gasteiger partial charge < -0.3 is 5.32 Å². The van der Waals surface area contributed by atoms with Gasteiger partial charge in [0.1, 0.15) is 5.01 Å². The quantitative estimate of drug-likeness (QED) is 0.846. The lowest BCUT2D eigenvalue weighted by Crippen LogP contribution is -2.10. The van der Waals surface area contributed by atoms with E-state index in [0.29, 0.717) is 6.04 Å². The molecule has 1 atom stereocenters. The first-order valence-corrected chi connectivity index (χ1v) is 7.60. The minimum absolute atomic E-state index is 0.347. The summed E-state index contributed by atoms with van der Waals surface area (Å²) in [5, 5.41) is 4.27. The van der Waals surface area contributed by atoms with Crippen LogP contribution < -0.4 is 5.32 Å². The van der Waals surface area contributed by atoms with Gasteiger partial charge in [-0.3, -0.25) is 0 Å². The summed E-state index contributed by atoms with van der Waals surface area (Å²) in [5.74, 6) is 0. The molecule has 17 heavy (non-hydrogen) atoms. The van der Waals surface area contributed by atoms with Gasteiger partial charge in [0, 0.05) is 31.6 Å². The van der Waals surface area contributed by atoms with Crippen molar-refractivity contribution in [3.05, 3.63) is 38.2 Å². The highest BCUT2D eigenvalue weighted by atomic mass is 79.9. The smallest absolute Gasteiger partial charge is 0.123 e. The largest absolute Gasteiger partial charge is 0.312 e. The van der Waals surface area contributed by atoms with E-state index in [2.05, 4.69) is 61.2 Å². The van der Waals surface area contributed by atoms with E-state index in [1.54, 1.807) is 11.3 Å². The first kappa shape index (κ1) is 13.2. The average molecular weight is 376 g/mol. The number of halogens is 2. The molecule has 0 amide bonds. The molecule has 0 aliphatic heterocycles. The lowest BCUT2D eigenvalue weighted by molar-refractivity contribution is 0.662. The maximum absolute atomic E-state index is 4.47. The van der Waals surface area contributed by atoms with Crippen LogP contribution in [0, 0.1) is 0 Å². The number of thiazole rings is 1. The molecule has 0 aliphatic carbocycles. The van der Waals surface area contributed by atoms with Crippen molar-refractivity contribution in [2.75, 3.05) is 7.05 Å². The van der Waals surface area contributed by atoms with Crippen LogP contribution in [0.1, 0.15) is 17.8 Å². The van der Waals surface area contributed by atoms with Gasteiger partial charge in [0.2, 0.25) is 0 Å². The van der Waals surface area contributed by atoms with Crippen molar-refractivity contribution in [3.63, 3.8) is 0 Å². The summed E-state index contributed by atoms with van der Waals surface area (Å²) in [6, 6.07) is 6.53. The van der Waals surface area contributed by atoms with Gasteiger partial charge in [-0.2, -0.15) is 0 Å². The fraction of sp³-hybridized carbons (Fsp3) is 0.250. The van der Waals surface area contributed by atoms with Gasteiger partial charge in [-0.25, -0.2) is 4.98 Å². The lowest BCUT2D eigenvalue weighted by Gasteiger charge is -2.05. The molecule has 2 rings (SSSR count). The highest BCUT2D eigenvalue weighted by molar-refractivity contribution is 9.13. The van der Waals surface area contributed by atoms with Gasteiger partial charge >= 0.3 is 0 Å². The third-order valence-electron chi connectivity index (χ3n) is 2.55. The van der Waals surface area contributed by atoms with Gasteiger partial charge in [-0.15, -0.1) is 11.3 Å². The van der Waals surface area contributed by atoms with Crippen LogP contribution in [-0.2, 0) is 0 Å².